The molecular formula is C4H10NO3P. The molecule has 0 bridgehead atoms. The van der Waals surface area contributed by atoms with Crippen LogP contribution in [-0.4, -0.2) is 12.6 Å². The zero-order valence-electron chi connectivity index (χ0n) is 5.24. The summed E-state index contributed by atoms with van der Waals surface area (Å²) >= 11 is 0. The highest BCUT2D eigenvalue weighted by Gasteiger charge is 2.11. The maximum absolute atomic E-state index is 9.89. The number of nitrogens with two attached hydrogens (primary N) is 1. The van der Waals surface area contributed by atoms with E-state index in [9.17, 15) is 9.46 Å². The fourth-order valence-electron chi connectivity index (χ4n) is 0.406. The monoisotopic (exact) mass is 151 g/mol. The topological polar surface area (TPSA) is 75.4 Å². The van der Waals surface area contributed by atoms with Crippen LogP contribution in [0.5, 0.6) is 0 Å². The average molecular weight is 151 g/mol. The third-order valence-electron chi connectivity index (χ3n) is 0.953. The summed E-state index contributed by atoms with van der Waals surface area (Å²) in [5, 5.41) is 0. The predicted octanol–water partition coefficient (Wildman–Crippen LogP) is -0.242. The molecule has 0 rings (SSSR count). The van der Waals surface area contributed by atoms with Crippen LogP contribution in [0.15, 0.2) is 0 Å². The molecule has 9 heavy (non-hydrogen) atoms. The Balaban J connectivity index is 3.43. The minimum absolute atomic E-state index is 0.250. The molecule has 0 aliphatic carbocycles. The van der Waals surface area contributed by atoms with Gasteiger partial charge in [0.2, 0.25) is 0 Å². The molecular weight excluding hydrogens is 141 g/mol. The van der Waals surface area contributed by atoms with Crippen LogP contribution in [0.4, 0.5) is 0 Å². The molecule has 0 aromatic carbocycles. The zero-order chi connectivity index (χ0) is 7.28. The van der Waals surface area contributed by atoms with Crippen LogP contribution in [0.25, 0.3) is 0 Å². The van der Waals surface area contributed by atoms with Gasteiger partial charge in [-0.15, -0.1) is 4.52 Å². The normalized spacial score (nSPS) is 15.2. The van der Waals surface area contributed by atoms with Crippen molar-refractivity contribution < 1.29 is 14.0 Å². The fraction of sp³-hybridized carbons (Fsp3) is 1.00. The standard InChI is InChI=1S/C4H10NO3P/c1-2-4(3-5)8-9(6)7/h4H,2-3,5H2,1H3. The molecule has 0 aliphatic heterocycles. The van der Waals surface area contributed by atoms with Gasteiger partial charge < -0.3 is 10.6 Å². The first-order valence-electron chi connectivity index (χ1n) is 2.72. The van der Waals surface area contributed by atoms with Gasteiger partial charge in [0, 0.05) is 6.54 Å². The number of hydrogen-bond donors (Lipinski definition) is 1. The molecule has 0 saturated heterocycles. The van der Waals surface area contributed by atoms with E-state index in [-0.39, 0.29) is 12.6 Å². The molecule has 0 radical (unpaired) electrons. The number of rotatable bonds is 4. The molecule has 0 saturated carbocycles. The van der Waals surface area contributed by atoms with Crippen molar-refractivity contribution in [3.05, 3.63) is 0 Å². The van der Waals surface area contributed by atoms with Gasteiger partial charge in [0.25, 0.3) is 0 Å². The van der Waals surface area contributed by atoms with Gasteiger partial charge in [-0.3, -0.25) is 0 Å². The van der Waals surface area contributed by atoms with Crippen molar-refractivity contribution in [2.24, 2.45) is 5.73 Å². The maximum Gasteiger partial charge on any atom is 0.488 e. The molecule has 0 aromatic heterocycles. The van der Waals surface area contributed by atoms with E-state index in [4.69, 9.17) is 5.73 Å². The minimum atomic E-state index is -2.73. The Kier molecular flexibility index (Phi) is 4.81. The molecule has 2 unspecified atom stereocenters. The molecule has 2 N–H and O–H groups in total. The van der Waals surface area contributed by atoms with E-state index in [0.717, 1.165) is 0 Å². The molecule has 4 nitrogen and oxygen atoms in total. The van der Waals surface area contributed by atoms with E-state index >= 15 is 0 Å². The minimum Gasteiger partial charge on any atom is -0.566 e. The van der Waals surface area contributed by atoms with Crippen LogP contribution >= 0.6 is 8.25 Å². The SMILES string of the molecule is CCC(CN)O[P+](=O)[O-]. The molecule has 0 aromatic rings. The van der Waals surface area contributed by atoms with Crippen molar-refractivity contribution in [2.45, 2.75) is 19.4 Å². The van der Waals surface area contributed by atoms with Crippen LogP contribution < -0.4 is 10.6 Å². The van der Waals surface area contributed by atoms with Gasteiger partial charge in [0.1, 0.15) is 6.10 Å². The lowest BCUT2D eigenvalue weighted by molar-refractivity contribution is -0.189. The maximum atomic E-state index is 9.89. The smallest absolute Gasteiger partial charge is 0.488 e. The second kappa shape index (κ2) is 4.82. The van der Waals surface area contributed by atoms with Crippen LogP contribution in [0, 0.1) is 0 Å². The van der Waals surface area contributed by atoms with Gasteiger partial charge in [0.05, 0.1) is 0 Å². The third-order valence-corrected chi connectivity index (χ3v) is 1.42. The average Bonchev–Trinajstić information content (AvgIpc) is 1.82. The van der Waals surface area contributed by atoms with Crippen molar-refractivity contribution >= 4 is 8.25 Å². The Morgan fingerprint density at radius 2 is 2.44 bits per heavy atom. The first-order valence-corrected chi connectivity index (χ1v) is 3.81. The summed E-state index contributed by atoms with van der Waals surface area (Å²) in [4.78, 5) is 9.89. The molecule has 0 spiro atoms. The van der Waals surface area contributed by atoms with E-state index in [0.29, 0.717) is 6.42 Å². The van der Waals surface area contributed by atoms with Crippen molar-refractivity contribution in [2.75, 3.05) is 6.54 Å². The van der Waals surface area contributed by atoms with E-state index in [1.165, 1.54) is 0 Å². The van der Waals surface area contributed by atoms with E-state index in [1.54, 1.807) is 0 Å². The lowest BCUT2D eigenvalue weighted by Crippen LogP contribution is -2.21. The first-order chi connectivity index (χ1) is 4.20. The summed E-state index contributed by atoms with van der Waals surface area (Å²) in [6, 6.07) is 0. The quantitative estimate of drug-likeness (QED) is 0.562. The van der Waals surface area contributed by atoms with Gasteiger partial charge in [0.15, 0.2) is 0 Å². The zero-order valence-corrected chi connectivity index (χ0v) is 6.14. The second-order valence-electron chi connectivity index (χ2n) is 1.59. The largest absolute Gasteiger partial charge is 0.566 e. The van der Waals surface area contributed by atoms with Crippen LogP contribution in [0.1, 0.15) is 13.3 Å². The lowest BCUT2D eigenvalue weighted by atomic mass is 10.3. The summed E-state index contributed by atoms with van der Waals surface area (Å²) in [7, 11) is -2.73. The van der Waals surface area contributed by atoms with Gasteiger partial charge in [-0.25, -0.2) is 0 Å². The van der Waals surface area contributed by atoms with Crippen LogP contribution in [-0.2, 0) is 9.09 Å². The van der Waals surface area contributed by atoms with Gasteiger partial charge in [-0.1, -0.05) is 6.92 Å². The summed E-state index contributed by atoms with van der Waals surface area (Å²) in [6.07, 6.45) is 0.283. The van der Waals surface area contributed by atoms with E-state index in [1.807, 2.05) is 6.92 Å². The van der Waals surface area contributed by atoms with Crippen molar-refractivity contribution in [1.29, 1.82) is 0 Å². The van der Waals surface area contributed by atoms with Gasteiger partial charge in [-0.05, 0) is 11.0 Å². The number of hydrogen-bond acceptors (Lipinski definition) is 4. The van der Waals surface area contributed by atoms with Gasteiger partial charge >= 0.3 is 8.25 Å². The third kappa shape index (κ3) is 4.48. The Hall–Kier alpha value is -0.0200. The van der Waals surface area contributed by atoms with Crippen molar-refractivity contribution in [1.82, 2.24) is 0 Å². The van der Waals surface area contributed by atoms with E-state index in [2.05, 4.69) is 4.52 Å². The summed E-state index contributed by atoms with van der Waals surface area (Å²) in [5.74, 6) is 0. The molecule has 2 atom stereocenters. The Morgan fingerprint density at radius 3 is 2.56 bits per heavy atom. The van der Waals surface area contributed by atoms with E-state index < -0.39 is 8.25 Å². The van der Waals surface area contributed by atoms with Crippen molar-refractivity contribution in [3.63, 3.8) is 0 Å². The van der Waals surface area contributed by atoms with Crippen molar-refractivity contribution in [3.8, 4) is 0 Å². The van der Waals surface area contributed by atoms with Crippen LogP contribution in [0.2, 0.25) is 0 Å². The molecule has 54 valence electrons. The predicted molar refractivity (Wildman–Crippen MR) is 31.8 cm³/mol. The molecule has 0 aliphatic rings. The summed E-state index contributed by atoms with van der Waals surface area (Å²) < 4.78 is 14.3. The highest BCUT2D eigenvalue weighted by atomic mass is 31.1. The molecule has 0 fully saturated rings. The Labute approximate surface area is 55.0 Å². The van der Waals surface area contributed by atoms with Gasteiger partial charge in [-0.2, -0.15) is 0 Å². The second-order valence-corrected chi connectivity index (χ2v) is 2.25. The lowest BCUT2D eigenvalue weighted by Gasteiger charge is -2.03. The molecule has 0 heterocycles. The summed E-state index contributed by atoms with van der Waals surface area (Å²) in [6.45, 7) is 2.07. The van der Waals surface area contributed by atoms with Crippen LogP contribution in [0.3, 0.4) is 0 Å². The molecule has 0 amide bonds. The summed E-state index contributed by atoms with van der Waals surface area (Å²) in [5.41, 5.74) is 5.14. The Bertz CT molecular complexity index is 93.8. The first kappa shape index (κ1) is 8.98. The fourth-order valence-corrected chi connectivity index (χ4v) is 0.885. The highest BCUT2D eigenvalue weighted by molar-refractivity contribution is 7.30. The highest BCUT2D eigenvalue weighted by Crippen LogP contribution is 2.13. The Morgan fingerprint density at radius 1 is 1.89 bits per heavy atom. The molecule has 5 heteroatoms.